The summed E-state index contributed by atoms with van der Waals surface area (Å²) in [5.74, 6) is 0.535. The van der Waals surface area contributed by atoms with Gasteiger partial charge in [0.2, 0.25) is 5.95 Å². The van der Waals surface area contributed by atoms with E-state index in [4.69, 9.17) is 9.15 Å². The van der Waals surface area contributed by atoms with Gasteiger partial charge in [0.15, 0.2) is 11.4 Å². The van der Waals surface area contributed by atoms with E-state index < -0.39 is 0 Å². The minimum atomic E-state index is -0.0514. The fourth-order valence-corrected chi connectivity index (χ4v) is 2.90. The van der Waals surface area contributed by atoms with Crippen molar-refractivity contribution in [3.63, 3.8) is 0 Å². The fraction of sp³-hybridized carbons (Fsp3) is 0.250. The largest absolute Gasteiger partial charge is 0.423 e. The number of ether oxygens (including phenoxy) is 1. The molecule has 0 amide bonds. The summed E-state index contributed by atoms with van der Waals surface area (Å²) in [6.07, 6.45) is 0.886. The number of anilines is 2. The van der Waals surface area contributed by atoms with E-state index in [-0.39, 0.29) is 12.4 Å². The Morgan fingerprint density at radius 1 is 1.19 bits per heavy atom. The summed E-state index contributed by atoms with van der Waals surface area (Å²) in [4.78, 5) is 21.2. The molecule has 7 heteroatoms. The zero-order valence-corrected chi connectivity index (χ0v) is 15.2. The quantitative estimate of drug-likeness (QED) is 0.393. The molecule has 2 aromatic carbocycles. The molecule has 0 aliphatic carbocycles. The summed E-state index contributed by atoms with van der Waals surface area (Å²) < 4.78 is 12.9. The average molecular weight is 364 g/mol. The Labute approximate surface area is 156 Å². The Hall–Kier alpha value is -3.19. The van der Waals surface area contributed by atoms with Crippen LogP contribution in [0.3, 0.4) is 0 Å². The van der Waals surface area contributed by atoms with Crippen molar-refractivity contribution in [2.75, 3.05) is 18.5 Å². The van der Waals surface area contributed by atoms with E-state index in [0.29, 0.717) is 29.7 Å². The number of nitrogens with zero attached hydrogens (tertiary/aromatic N) is 3. The number of fused-ring (bicyclic) bond motifs is 2. The number of nitrogens with one attached hydrogen (secondary N) is 1. The topological polar surface area (TPSA) is 82.2 Å². The van der Waals surface area contributed by atoms with Crippen molar-refractivity contribution in [2.24, 2.45) is 7.05 Å². The van der Waals surface area contributed by atoms with Crippen molar-refractivity contribution in [1.82, 2.24) is 14.5 Å². The lowest BCUT2D eigenvalue weighted by molar-refractivity contribution is 0.0761. The Bertz CT molecular complexity index is 1080. The lowest BCUT2D eigenvalue weighted by Crippen LogP contribution is -2.09. The number of aromatic nitrogens is 3. The van der Waals surface area contributed by atoms with Gasteiger partial charge in [0.1, 0.15) is 12.1 Å². The van der Waals surface area contributed by atoms with E-state index in [1.54, 1.807) is 12.1 Å². The molecular formula is C20H20N4O3. The van der Waals surface area contributed by atoms with Crippen molar-refractivity contribution in [2.45, 2.75) is 13.3 Å². The highest BCUT2D eigenvalue weighted by molar-refractivity contribution is 6.00. The van der Waals surface area contributed by atoms with Crippen LogP contribution in [0.5, 0.6) is 0 Å². The summed E-state index contributed by atoms with van der Waals surface area (Å²) in [6.45, 7) is 2.67. The van der Waals surface area contributed by atoms with Crippen molar-refractivity contribution in [1.29, 1.82) is 0 Å². The van der Waals surface area contributed by atoms with Crippen molar-refractivity contribution >= 4 is 39.9 Å². The number of para-hydroxylation sites is 2. The van der Waals surface area contributed by atoms with E-state index >= 15 is 0 Å². The van der Waals surface area contributed by atoms with Gasteiger partial charge in [-0.05, 0) is 36.8 Å². The third-order valence-electron chi connectivity index (χ3n) is 4.30. The first kappa shape index (κ1) is 17.2. The van der Waals surface area contributed by atoms with E-state index in [9.17, 15) is 4.79 Å². The number of ketones is 1. The molecule has 0 bridgehead atoms. The summed E-state index contributed by atoms with van der Waals surface area (Å²) in [5.41, 5.74) is 3.69. The predicted molar refractivity (Wildman–Crippen MR) is 103 cm³/mol. The Kier molecular flexibility index (Phi) is 4.60. The van der Waals surface area contributed by atoms with E-state index in [0.717, 1.165) is 23.0 Å². The van der Waals surface area contributed by atoms with Gasteiger partial charge in [0.05, 0.1) is 11.0 Å². The molecule has 0 radical (unpaired) electrons. The molecule has 0 saturated carbocycles. The molecule has 2 heterocycles. The van der Waals surface area contributed by atoms with Gasteiger partial charge in [0.25, 0.3) is 0 Å². The molecule has 0 unspecified atom stereocenters. The van der Waals surface area contributed by atoms with E-state index in [1.165, 1.54) is 0 Å². The van der Waals surface area contributed by atoms with Crippen LogP contribution in [0.4, 0.5) is 12.0 Å². The molecule has 0 aliphatic rings. The van der Waals surface area contributed by atoms with Gasteiger partial charge in [0, 0.05) is 19.2 Å². The van der Waals surface area contributed by atoms with Gasteiger partial charge in [-0.1, -0.05) is 19.1 Å². The third-order valence-corrected chi connectivity index (χ3v) is 4.30. The van der Waals surface area contributed by atoms with Crippen molar-refractivity contribution in [3.8, 4) is 0 Å². The molecule has 0 fully saturated rings. The number of imidazole rings is 1. The summed E-state index contributed by atoms with van der Waals surface area (Å²) >= 11 is 0. The summed E-state index contributed by atoms with van der Waals surface area (Å²) in [5, 5.41) is 3.11. The minimum absolute atomic E-state index is 0.0514. The van der Waals surface area contributed by atoms with Gasteiger partial charge < -0.3 is 13.7 Å². The van der Waals surface area contributed by atoms with Crippen LogP contribution in [0.25, 0.3) is 22.1 Å². The molecular weight excluding hydrogens is 344 g/mol. The van der Waals surface area contributed by atoms with Crippen LogP contribution < -0.4 is 5.32 Å². The molecule has 0 saturated heterocycles. The maximum absolute atomic E-state index is 12.2. The zero-order chi connectivity index (χ0) is 18.8. The van der Waals surface area contributed by atoms with Crippen LogP contribution >= 0.6 is 0 Å². The first-order valence-electron chi connectivity index (χ1n) is 8.85. The van der Waals surface area contributed by atoms with Gasteiger partial charge in [-0.2, -0.15) is 4.98 Å². The van der Waals surface area contributed by atoms with Crippen molar-refractivity contribution in [3.05, 3.63) is 48.0 Å². The number of rotatable bonds is 7. The summed E-state index contributed by atoms with van der Waals surface area (Å²) in [6, 6.07) is 13.4. The van der Waals surface area contributed by atoms with Crippen LogP contribution in [0.1, 0.15) is 23.7 Å². The monoisotopic (exact) mass is 364 g/mol. The SMILES string of the molecule is CCCOCC(=O)c1ccc2c(c1)nc(Nc1nc3ccccc3o1)n2C. The molecule has 27 heavy (non-hydrogen) atoms. The van der Waals surface area contributed by atoms with Crippen LogP contribution in [0, 0.1) is 0 Å². The first-order valence-corrected chi connectivity index (χ1v) is 8.85. The second-order valence-electron chi connectivity index (χ2n) is 6.29. The Morgan fingerprint density at radius 3 is 2.85 bits per heavy atom. The van der Waals surface area contributed by atoms with Crippen LogP contribution in [0.15, 0.2) is 46.9 Å². The van der Waals surface area contributed by atoms with Crippen LogP contribution in [-0.4, -0.2) is 33.5 Å². The molecule has 138 valence electrons. The molecule has 7 nitrogen and oxygen atoms in total. The molecule has 2 aromatic heterocycles. The number of hydrogen-bond acceptors (Lipinski definition) is 6. The smallest absolute Gasteiger partial charge is 0.302 e. The number of Topliss-reactive ketones (excluding diaryl/α,β-unsaturated/α-hetero) is 1. The normalized spacial score (nSPS) is 11.3. The molecule has 0 atom stereocenters. The second kappa shape index (κ2) is 7.20. The first-order chi connectivity index (χ1) is 13.2. The molecule has 4 aromatic rings. The number of carbonyl (C=O) groups is 1. The molecule has 0 spiro atoms. The lowest BCUT2D eigenvalue weighted by Gasteiger charge is -2.03. The maximum atomic E-state index is 12.2. The van der Waals surface area contributed by atoms with Gasteiger partial charge in [-0.25, -0.2) is 4.98 Å². The Balaban J connectivity index is 1.60. The Morgan fingerprint density at radius 2 is 2.04 bits per heavy atom. The van der Waals surface area contributed by atoms with Gasteiger partial charge in [-0.15, -0.1) is 0 Å². The zero-order valence-electron chi connectivity index (χ0n) is 15.2. The van der Waals surface area contributed by atoms with Gasteiger partial charge in [-0.3, -0.25) is 10.1 Å². The highest BCUT2D eigenvalue weighted by Crippen LogP contribution is 2.24. The highest BCUT2D eigenvalue weighted by atomic mass is 16.5. The average Bonchev–Trinajstić information content (AvgIpc) is 3.22. The van der Waals surface area contributed by atoms with E-state index in [2.05, 4.69) is 15.3 Å². The molecule has 1 N–H and O–H groups in total. The standard InChI is InChI=1S/C20H20N4O3/c1-3-10-26-12-17(25)13-8-9-16-15(11-13)21-19(24(16)2)23-20-22-14-6-4-5-7-18(14)27-20/h4-9,11H,3,10,12H2,1-2H3,(H,21,22,23). The van der Waals surface area contributed by atoms with Crippen LogP contribution in [-0.2, 0) is 11.8 Å². The predicted octanol–water partition coefficient (Wildman–Crippen LogP) is 4.07. The minimum Gasteiger partial charge on any atom is -0.423 e. The fourth-order valence-electron chi connectivity index (χ4n) is 2.90. The lowest BCUT2D eigenvalue weighted by atomic mass is 10.1. The van der Waals surface area contributed by atoms with Crippen LogP contribution in [0.2, 0.25) is 0 Å². The number of oxazole rings is 1. The molecule has 0 aliphatic heterocycles. The van der Waals surface area contributed by atoms with Crippen molar-refractivity contribution < 1.29 is 13.9 Å². The van der Waals surface area contributed by atoms with Gasteiger partial charge >= 0.3 is 6.01 Å². The number of aryl methyl sites for hydroxylation is 1. The summed E-state index contributed by atoms with van der Waals surface area (Å²) in [7, 11) is 1.90. The number of carbonyl (C=O) groups excluding carboxylic acids is 1. The number of benzene rings is 2. The maximum Gasteiger partial charge on any atom is 0.302 e. The highest BCUT2D eigenvalue weighted by Gasteiger charge is 2.14. The number of hydrogen-bond donors (Lipinski definition) is 1. The van der Waals surface area contributed by atoms with E-state index in [1.807, 2.05) is 48.9 Å². The third kappa shape index (κ3) is 3.41. The second-order valence-corrected chi connectivity index (χ2v) is 6.29. The molecule has 4 rings (SSSR count).